The zero-order chi connectivity index (χ0) is 24.1. The van der Waals surface area contributed by atoms with Crippen molar-refractivity contribution in [3.05, 3.63) is 88.4 Å². The average molecular weight is 581 g/mol. The van der Waals surface area contributed by atoms with Crippen LogP contribution in [-0.4, -0.2) is 16.5 Å². The van der Waals surface area contributed by atoms with Crippen LogP contribution >= 0.6 is 0 Å². The van der Waals surface area contributed by atoms with Gasteiger partial charge in [-0.15, -0.1) is 0 Å². The third kappa shape index (κ3) is 5.89. The van der Waals surface area contributed by atoms with E-state index in [1.54, 1.807) is 12.3 Å². The monoisotopic (exact) mass is 581 g/mol. The van der Waals surface area contributed by atoms with Crippen molar-refractivity contribution in [2.24, 2.45) is 0 Å². The van der Waals surface area contributed by atoms with E-state index in [1.165, 1.54) is 23.3 Å². The Hall–Kier alpha value is -2.20. The number of halogens is 4. The molecule has 4 nitrogen and oxygen atoms in total. The predicted octanol–water partition coefficient (Wildman–Crippen LogP) is 3.39. The van der Waals surface area contributed by atoms with Gasteiger partial charge in [0.2, 0.25) is 0 Å². The Bertz CT molecular complexity index is 1100. The van der Waals surface area contributed by atoms with Gasteiger partial charge in [0, 0.05) is 0 Å². The Kier molecular flexibility index (Phi) is 8.08. The SMILES string of the molecule is CCCNC(CCCc1ccc(C(F)(F)F)c(C2[I-]Nc3ncccc32)n1)c1ccc(C)cc1. The first kappa shape index (κ1) is 24.9. The van der Waals surface area contributed by atoms with Crippen LogP contribution in [-0.2, 0) is 12.6 Å². The van der Waals surface area contributed by atoms with Crippen molar-refractivity contribution >= 4 is 5.82 Å². The van der Waals surface area contributed by atoms with Crippen LogP contribution in [0, 0.1) is 6.92 Å². The number of hydrogen-bond acceptors (Lipinski definition) is 4. The second-order valence-electron chi connectivity index (χ2n) is 8.55. The number of benzene rings is 1. The van der Waals surface area contributed by atoms with E-state index in [0.717, 1.165) is 31.4 Å². The molecule has 1 aliphatic rings. The zero-order valence-corrected chi connectivity index (χ0v) is 21.5. The minimum absolute atomic E-state index is 0.135. The molecule has 1 aromatic carbocycles. The fourth-order valence-corrected chi connectivity index (χ4v) is 6.81. The van der Waals surface area contributed by atoms with Crippen LogP contribution in [0.15, 0.2) is 54.7 Å². The Morgan fingerprint density at radius 2 is 1.91 bits per heavy atom. The Balaban J connectivity index is 1.52. The van der Waals surface area contributed by atoms with Crippen molar-refractivity contribution in [3.63, 3.8) is 0 Å². The third-order valence-corrected chi connectivity index (χ3v) is 8.65. The molecule has 0 bridgehead atoms. The number of aromatic nitrogens is 2. The summed E-state index contributed by atoms with van der Waals surface area (Å²) in [7, 11) is 0. The molecule has 0 aliphatic carbocycles. The fraction of sp³-hybridized carbons (Fsp3) is 0.385. The van der Waals surface area contributed by atoms with Gasteiger partial charge < -0.3 is 0 Å². The van der Waals surface area contributed by atoms with Gasteiger partial charge in [-0.05, 0) is 6.92 Å². The fourth-order valence-electron chi connectivity index (χ4n) is 4.15. The molecule has 0 saturated heterocycles. The van der Waals surface area contributed by atoms with Crippen LogP contribution < -0.4 is 30.3 Å². The maximum absolute atomic E-state index is 13.8. The molecule has 8 heteroatoms. The summed E-state index contributed by atoms with van der Waals surface area (Å²) in [5.41, 5.74) is 3.49. The minimum atomic E-state index is -4.43. The van der Waals surface area contributed by atoms with Crippen molar-refractivity contribution in [1.29, 1.82) is 0 Å². The van der Waals surface area contributed by atoms with E-state index in [9.17, 15) is 13.2 Å². The topological polar surface area (TPSA) is 49.8 Å². The molecule has 3 aromatic rings. The molecule has 1 aliphatic heterocycles. The van der Waals surface area contributed by atoms with Gasteiger partial charge in [0.15, 0.2) is 0 Å². The van der Waals surface area contributed by atoms with Crippen LogP contribution in [0.5, 0.6) is 0 Å². The second-order valence-corrected chi connectivity index (χ2v) is 11.0. The number of rotatable bonds is 9. The summed E-state index contributed by atoms with van der Waals surface area (Å²) in [5.74, 6) is 0.684. The molecule has 34 heavy (non-hydrogen) atoms. The molecular weight excluding hydrogens is 552 g/mol. The molecule has 0 radical (unpaired) electrons. The van der Waals surface area contributed by atoms with Crippen molar-refractivity contribution in [3.8, 4) is 0 Å². The van der Waals surface area contributed by atoms with E-state index in [2.05, 4.69) is 56.9 Å². The van der Waals surface area contributed by atoms with Crippen molar-refractivity contribution < 1.29 is 34.7 Å². The summed E-state index contributed by atoms with van der Waals surface area (Å²) in [6.07, 6.45) is 0.634. The van der Waals surface area contributed by atoms with Gasteiger partial charge in [0.25, 0.3) is 0 Å². The quantitative estimate of drug-likeness (QED) is 0.231. The van der Waals surface area contributed by atoms with Crippen molar-refractivity contribution in [2.45, 2.75) is 55.7 Å². The van der Waals surface area contributed by atoms with E-state index in [0.29, 0.717) is 17.9 Å². The summed E-state index contributed by atoms with van der Waals surface area (Å²) in [6.45, 7) is 5.14. The molecule has 2 atom stereocenters. The molecule has 3 heterocycles. The average Bonchev–Trinajstić information content (AvgIpc) is 3.25. The first-order chi connectivity index (χ1) is 16.4. The van der Waals surface area contributed by atoms with E-state index >= 15 is 0 Å². The number of nitrogens with zero attached hydrogens (tertiary/aromatic N) is 2. The van der Waals surface area contributed by atoms with Gasteiger partial charge >= 0.3 is 203 Å². The number of anilines is 1. The van der Waals surface area contributed by atoms with Gasteiger partial charge in [-0.3, -0.25) is 0 Å². The molecule has 0 spiro atoms. The number of nitrogens with one attached hydrogen (secondary N) is 2. The van der Waals surface area contributed by atoms with Crippen LogP contribution in [0.4, 0.5) is 19.0 Å². The maximum atomic E-state index is 13.8. The van der Waals surface area contributed by atoms with E-state index in [4.69, 9.17) is 0 Å². The number of aryl methyl sites for hydroxylation is 2. The molecule has 0 saturated carbocycles. The molecule has 2 aromatic heterocycles. The van der Waals surface area contributed by atoms with E-state index in [-0.39, 0.29) is 15.7 Å². The van der Waals surface area contributed by atoms with Crippen LogP contribution in [0.2, 0.25) is 0 Å². The van der Waals surface area contributed by atoms with E-state index < -0.39 is 33.2 Å². The van der Waals surface area contributed by atoms with Crippen LogP contribution in [0.25, 0.3) is 0 Å². The Morgan fingerprint density at radius 1 is 1.12 bits per heavy atom. The number of pyridine rings is 2. The van der Waals surface area contributed by atoms with Gasteiger partial charge in [0.05, 0.1) is 0 Å². The normalized spacial score (nSPS) is 16.4. The number of hydrogen-bond donors (Lipinski definition) is 2. The molecule has 2 unspecified atom stereocenters. The van der Waals surface area contributed by atoms with Crippen molar-refractivity contribution in [1.82, 2.24) is 15.3 Å². The number of fused-ring (bicyclic) bond motifs is 1. The predicted molar refractivity (Wildman–Crippen MR) is 124 cm³/mol. The molecule has 0 fully saturated rings. The molecule has 4 rings (SSSR count). The first-order valence-electron chi connectivity index (χ1n) is 11.6. The second kappa shape index (κ2) is 11.0. The van der Waals surface area contributed by atoms with Gasteiger partial charge in [-0.1, -0.05) is 0 Å². The van der Waals surface area contributed by atoms with Crippen molar-refractivity contribution in [2.75, 3.05) is 10.1 Å². The Labute approximate surface area is 209 Å². The van der Waals surface area contributed by atoms with Gasteiger partial charge in [-0.25, -0.2) is 0 Å². The van der Waals surface area contributed by atoms with Crippen LogP contribution in [0.1, 0.15) is 69.8 Å². The van der Waals surface area contributed by atoms with E-state index in [1.807, 2.05) is 6.07 Å². The molecular formula is C26H29F3IN4-. The van der Waals surface area contributed by atoms with Crippen LogP contribution in [0.3, 0.4) is 0 Å². The number of alkyl halides is 4. The first-order valence-corrected chi connectivity index (χ1v) is 13.9. The summed E-state index contributed by atoms with van der Waals surface area (Å²) < 4.78 is 44.4. The summed E-state index contributed by atoms with van der Waals surface area (Å²) in [5, 5.41) is 3.61. The third-order valence-electron chi connectivity index (χ3n) is 5.94. The Morgan fingerprint density at radius 3 is 2.65 bits per heavy atom. The molecule has 2 N–H and O–H groups in total. The summed E-state index contributed by atoms with van der Waals surface area (Å²) in [4.78, 5) is 8.86. The zero-order valence-electron chi connectivity index (χ0n) is 19.3. The molecule has 182 valence electrons. The molecule has 0 amide bonds. The summed E-state index contributed by atoms with van der Waals surface area (Å²) in [6, 6.07) is 15.1. The van der Waals surface area contributed by atoms with Gasteiger partial charge in [-0.2, -0.15) is 0 Å². The van der Waals surface area contributed by atoms with Gasteiger partial charge in [0.1, 0.15) is 0 Å². The standard InChI is InChI=1S/C26H29F3IN4/c1-3-15-31-22(18-11-9-17(2)10-12-18)8-4-6-19-13-14-21(26(27,28)29)24(33-19)23-20-7-5-16-32-25(20)34-30-23/h5,7,9-14,16,22-23,31H,3-4,6,8,15H2,1-2H3,(H,32,34)/q-1. The summed E-state index contributed by atoms with van der Waals surface area (Å²) >= 11 is -0.760.